The number of hydrogen-bond donors (Lipinski definition) is 2. The summed E-state index contributed by atoms with van der Waals surface area (Å²) in [4.78, 5) is 52.1. The van der Waals surface area contributed by atoms with Crippen molar-refractivity contribution in [1.82, 2.24) is 15.5 Å². The topological polar surface area (TPSA) is 114 Å². The Hall–Kier alpha value is -3.10. The molecule has 1 aromatic carbocycles. The number of alkyl carbamates (subject to hydrolysis) is 1. The summed E-state index contributed by atoms with van der Waals surface area (Å²) in [5.74, 6) is -1.59. The average molecular weight is 464 g/mol. The molecule has 2 atom stereocenters. The van der Waals surface area contributed by atoms with Crippen LogP contribution in [0.25, 0.3) is 0 Å². The van der Waals surface area contributed by atoms with Gasteiger partial charge in [0.2, 0.25) is 11.8 Å². The first-order chi connectivity index (χ1) is 15.2. The quantitative estimate of drug-likeness (QED) is 0.573. The number of nitrogens with zero attached hydrogens (tertiary/aromatic N) is 1. The molecule has 0 bridgehead atoms. The number of aryl methyl sites for hydroxylation is 2. The van der Waals surface area contributed by atoms with Crippen molar-refractivity contribution in [3.05, 3.63) is 34.9 Å². The van der Waals surface area contributed by atoms with Crippen LogP contribution < -0.4 is 10.6 Å². The van der Waals surface area contributed by atoms with Gasteiger partial charge in [0, 0.05) is 6.04 Å². The second-order valence-electron chi connectivity index (χ2n) is 9.21. The van der Waals surface area contributed by atoms with Crippen molar-refractivity contribution in [2.75, 3.05) is 13.7 Å². The molecule has 3 amide bonds. The van der Waals surface area contributed by atoms with Crippen LogP contribution in [0.15, 0.2) is 18.2 Å². The number of benzene rings is 1. The lowest BCUT2D eigenvalue weighted by atomic mass is 9.93. The van der Waals surface area contributed by atoms with Crippen LogP contribution in [-0.2, 0) is 23.9 Å². The number of rotatable bonds is 8. The molecule has 0 aliphatic rings. The molecule has 0 fully saturated rings. The van der Waals surface area contributed by atoms with Gasteiger partial charge in [-0.05, 0) is 72.1 Å². The summed E-state index contributed by atoms with van der Waals surface area (Å²) >= 11 is 0. The lowest BCUT2D eigenvalue weighted by Gasteiger charge is -2.37. The Kier molecular flexibility index (Phi) is 9.88. The van der Waals surface area contributed by atoms with E-state index < -0.39 is 47.6 Å². The lowest BCUT2D eigenvalue weighted by Crippen LogP contribution is -2.54. The van der Waals surface area contributed by atoms with Crippen LogP contribution in [-0.4, -0.2) is 60.1 Å². The van der Waals surface area contributed by atoms with Gasteiger partial charge >= 0.3 is 12.1 Å². The number of ether oxygens (including phenoxy) is 2. The van der Waals surface area contributed by atoms with E-state index >= 15 is 0 Å². The minimum Gasteiger partial charge on any atom is -0.468 e. The molecule has 1 rings (SSSR count). The molecule has 0 aliphatic heterocycles. The number of methoxy groups -OCH3 is 1. The van der Waals surface area contributed by atoms with Crippen LogP contribution in [0.3, 0.4) is 0 Å². The first-order valence-electron chi connectivity index (χ1n) is 10.9. The van der Waals surface area contributed by atoms with E-state index in [0.29, 0.717) is 5.56 Å². The first-order valence-corrected chi connectivity index (χ1v) is 10.9. The fourth-order valence-electron chi connectivity index (χ4n) is 3.43. The van der Waals surface area contributed by atoms with E-state index in [0.717, 1.165) is 11.1 Å². The van der Waals surface area contributed by atoms with Gasteiger partial charge in [-0.15, -0.1) is 0 Å². The molecule has 0 saturated carbocycles. The Morgan fingerprint density at radius 2 is 1.58 bits per heavy atom. The molecule has 0 aliphatic carbocycles. The predicted molar refractivity (Wildman–Crippen MR) is 124 cm³/mol. The van der Waals surface area contributed by atoms with Crippen molar-refractivity contribution < 1.29 is 28.7 Å². The Morgan fingerprint density at radius 1 is 1.03 bits per heavy atom. The molecule has 184 valence electrons. The van der Waals surface area contributed by atoms with Crippen molar-refractivity contribution in [2.24, 2.45) is 0 Å². The van der Waals surface area contributed by atoms with Gasteiger partial charge in [-0.25, -0.2) is 4.79 Å². The Balaban J connectivity index is 3.38. The van der Waals surface area contributed by atoms with Gasteiger partial charge in [-0.2, -0.15) is 0 Å². The van der Waals surface area contributed by atoms with Crippen molar-refractivity contribution in [3.8, 4) is 0 Å². The average Bonchev–Trinajstić information content (AvgIpc) is 2.68. The molecular weight excluding hydrogens is 426 g/mol. The van der Waals surface area contributed by atoms with E-state index in [4.69, 9.17) is 4.74 Å². The number of esters is 1. The minimum absolute atomic E-state index is 0.331. The number of nitrogens with one attached hydrogen (secondary N) is 2. The van der Waals surface area contributed by atoms with Crippen molar-refractivity contribution in [1.29, 1.82) is 0 Å². The normalized spacial score (nSPS) is 13.0. The van der Waals surface area contributed by atoms with Gasteiger partial charge < -0.3 is 25.0 Å². The Labute approximate surface area is 196 Å². The van der Waals surface area contributed by atoms with Gasteiger partial charge in [0.1, 0.15) is 24.2 Å². The molecular formula is C24H37N3O6. The maximum absolute atomic E-state index is 13.5. The van der Waals surface area contributed by atoms with E-state index in [2.05, 4.69) is 15.4 Å². The molecule has 2 unspecified atom stereocenters. The zero-order valence-corrected chi connectivity index (χ0v) is 21.1. The van der Waals surface area contributed by atoms with E-state index in [1.807, 2.05) is 32.0 Å². The molecule has 0 aromatic heterocycles. The summed E-state index contributed by atoms with van der Waals surface area (Å²) < 4.78 is 9.87. The van der Waals surface area contributed by atoms with Gasteiger partial charge in [0.05, 0.1) is 7.11 Å². The lowest BCUT2D eigenvalue weighted by molar-refractivity contribution is -0.146. The van der Waals surface area contributed by atoms with Gasteiger partial charge in [-0.3, -0.25) is 14.4 Å². The van der Waals surface area contributed by atoms with Crippen molar-refractivity contribution in [3.63, 3.8) is 0 Å². The molecule has 9 nitrogen and oxygen atoms in total. The van der Waals surface area contributed by atoms with Crippen LogP contribution in [0.4, 0.5) is 4.79 Å². The molecule has 2 N–H and O–H groups in total. The maximum atomic E-state index is 13.5. The second-order valence-corrected chi connectivity index (χ2v) is 9.21. The number of carbonyl (C=O) groups excluding carboxylic acids is 4. The van der Waals surface area contributed by atoms with Gasteiger partial charge in [0.15, 0.2) is 0 Å². The van der Waals surface area contributed by atoms with Crippen LogP contribution in [0, 0.1) is 13.8 Å². The number of hydrogen-bond acceptors (Lipinski definition) is 6. The second kappa shape index (κ2) is 11.7. The van der Waals surface area contributed by atoms with Gasteiger partial charge in [-0.1, -0.05) is 18.2 Å². The Morgan fingerprint density at radius 3 is 2.03 bits per heavy atom. The SMILES string of the molecule is COC(=O)CNC(=O)C(c1c(C)cccc1C)N(C(=O)C(C)NC(=O)OC(C)(C)C)C(C)C. The fourth-order valence-corrected chi connectivity index (χ4v) is 3.43. The predicted octanol–water partition coefficient (Wildman–Crippen LogP) is 2.78. The van der Waals surface area contributed by atoms with Gasteiger partial charge in [0.25, 0.3) is 0 Å². The van der Waals surface area contributed by atoms with E-state index in [9.17, 15) is 19.2 Å². The van der Waals surface area contributed by atoms with E-state index in [1.54, 1.807) is 34.6 Å². The van der Waals surface area contributed by atoms with Crippen LogP contribution in [0.2, 0.25) is 0 Å². The van der Waals surface area contributed by atoms with E-state index in [1.165, 1.54) is 18.9 Å². The van der Waals surface area contributed by atoms with E-state index in [-0.39, 0.29) is 6.54 Å². The highest BCUT2D eigenvalue weighted by atomic mass is 16.6. The monoisotopic (exact) mass is 463 g/mol. The van der Waals surface area contributed by atoms with Crippen molar-refractivity contribution >= 4 is 23.9 Å². The third-order valence-corrected chi connectivity index (χ3v) is 4.89. The summed E-state index contributed by atoms with van der Waals surface area (Å²) in [5.41, 5.74) is 1.57. The standard InChI is InChI=1S/C24H37N3O6/c1-14(2)27(22(30)17(5)26-23(31)33-24(6,7)8)20(21(29)25-13-18(28)32-9)19-15(3)11-10-12-16(19)4/h10-12,14,17,20H,13H2,1-9H3,(H,25,29)(H,26,31). The summed E-state index contributed by atoms with van der Waals surface area (Å²) in [7, 11) is 1.23. The highest BCUT2D eigenvalue weighted by molar-refractivity contribution is 5.93. The van der Waals surface area contributed by atoms with Crippen LogP contribution >= 0.6 is 0 Å². The smallest absolute Gasteiger partial charge is 0.408 e. The molecule has 33 heavy (non-hydrogen) atoms. The molecule has 9 heteroatoms. The molecule has 0 saturated heterocycles. The molecule has 0 heterocycles. The third-order valence-electron chi connectivity index (χ3n) is 4.89. The summed E-state index contributed by atoms with van der Waals surface area (Å²) in [6, 6.07) is 3.20. The molecule has 1 aromatic rings. The largest absolute Gasteiger partial charge is 0.468 e. The highest BCUT2D eigenvalue weighted by Crippen LogP contribution is 2.30. The maximum Gasteiger partial charge on any atom is 0.408 e. The highest BCUT2D eigenvalue weighted by Gasteiger charge is 2.37. The third kappa shape index (κ3) is 8.07. The molecule has 0 radical (unpaired) electrons. The number of carbonyl (C=O) groups is 4. The zero-order chi connectivity index (χ0) is 25.5. The fraction of sp³-hybridized carbons (Fsp3) is 0.583. The first kappa shape index (κ1) is 27.9. The van der Waals surface area contributed by atoms with Crippen molar-refractivity contribution in [2.45, 2.75) is 79.1 Å². The van der Waals surface area contributed by atoms with Crippen LogP contribution in [0.1, 0.15) is 64.3 Å². The molecule has 0 spiro atoms. The minimum atomic E-state index is -1.02. The summed E-state index contributed by atoms with van der Waals surface area (Å²) in [6.07, 6.45) is -0.731. The Bertz CT molecular complexity index is 855. The summed E-state index contributed by atoms with van der Waals surface area (Å²) in [6.45, 7) is 13.7. The van der Waals surface area contributed by atoms with Crippen LogP contribution in [0.5, 0.6) is 0 Å². The zero-order valence-electron chi connectivity index (χ0n) is 21.1. The summed E-state index contributed by atoms with van der Waals surface area (Å²) in [5, 5.41) is 5.12. The number of amides is 3.